The fourth-order valence-corrected chi connectivity index (χ4v) is 9.16. The molecule has 0 fully saturated rings. The lowest BCUT2D eigenvalue weighted by atomic mass is 9.97. The van der Waals surface area contributed by atoms with Crippen molar-refractivity contribution in [1.29, 1.82) is 0 Å². The van der Waals surface area contributed by atoms with E-state index < -0.39 is 0 Å². The molecule has 0 amide bonds. The van der Waals surface area contributed by atoms with E-state index >= 15 is 0 Å². The molecule has 0 N–H and O–H groups in total. The number of para-hydroxylation sites is 2. The van der Waals surface area contributed by atoms with Gasteiger partial charge in [-0.2, -0.15) is 0 Å². The first-order valence-electron chi connectivity index (χ1n) is 20.7. The van der Waals surface area contributed by atoms with Gasteiger partial charge < -0.3 is 13.9 Å². The number of hydrogen-bond donors (Lipinski definition) is 0. The van der Waals surface area contributed by atoms with Crippen LogP contribution in [0.2, 0.25) is 0 Å². The highest BCUT2D eigenvalue weighted by Gasteiger charge is 2.19. The Hall–Kier alpha value is -8.21. The van der Waals surface area contributed by atoms with Gasteiger partial charge in [0, 0.05) is 44.5 Å². The number of nitrogens with zero attached hydrogens (tertiary/aromatic N) is 3. The van der Waals surface area contributed by atoms with Crippen molar-refractivity contribution in [2.75, 3.05) is 4.90 Å². The summed E-state index contributed by atoms with van der Waals surface area (Å²) < 4.78 is 8.63. The lowest BCUT2D eigenvalue weighted by Gasteiger charge is -2.26. The third-order valence-corrected chi connectivity index (χ3v) is 12.0. The predicted molar refractivity (Wildman–Crippen MR) is 254 cm³/mol. The van der Waals surface area contributed by atoms with E-state index in [0.717, 1.165) is 66.8 Å². The first-order chi connectivity index (χ1) is 30.2. The summed E-state index contributed by atoms with van der Waals surface area (Å²) in [4.78, 5) is 7.35. The number of fused-ring (bicyclic) bond motifs is 7. The van der Waals surface area contributed by atoms with Crippen LogP contribution < -0.4 is 4.90 Å². The number of aromatic nitrogens is 2. The molecular formula is C57H37N3O. The van der Waals surface area contributed by atoms with Gasteiger partial charge in [0.25, 0.3) is 0 Å². The number of oxazole rings is 1. The number of benzene rings is 10. The van der Waals surface area contributed by atoms with Gasteiger partial charge in [-0.3, -0.25) is 0 Å². The molecule has 2 aromatic heterocycles. The fraction of sp³-hybridized carbons (Fsp3) is 0. The van der Waals surface area contributed by atoms with E-state index in [1.165, 1.54) is 38.2 Å². The number of rotatable bonds is 7. The monoisotopic (exact) mass is 779 g/mol. The largest absolute Gasteiger partial charge is 0.436 e. The first kappa shape index (κ1) is 34.8. The third kappa shape index (κ3) is 5.88. The lowest BCUT2D eigenvalue weighted by Crippen LogP contribution is -2.10. The Labute approximate surface area is 352 Å². The maximum Gasteiger partial charge on any atom is 0.227 e. The van der Waals surface area contributed by atoms with Crippen LogP contribution in [0.5, 0.6) is 0 Å². The van der Waals surface area contributed by atoms with Crippen molar-refractivity contribution in [2.45, 2.75) is 0 Å². The molecule has 61 heavy (non-hydrogen) atoms. The second-order valence-corrected chi connectivity index (χ2v) is 15.5. The minimum atomic E-state index is 0.630. The van der Waals surface area contributed by atoms with Crippen LogP contribution in [-0.2, 0) is 0 Å². The third-order valence-electron chi connectivity index (χ3n) is 12.0. The van der Waals surface area contributed by atoms with Gasteiger partial charge in [-0.25, -0.2) is 4.98 Å². The molecule has 0 bridgehead atoms. The molecular weight excluding hydrogens is 743 g/mol. The lowest BCUT2D eigenvalue weighted by molar-refractivity contribution is 0.620. The zero-order valence-corrected chi connectivity index (χ0v) is 33.1. The van der Waals surface area contributed by atoms with Crippen molar-refractivity contribution in [3.05, 3.63) is 224 Å². The van der Waals surface area contributed by atoms with Crippen LogP contribution in [0.4, 0.5) is 17.1 Å². The summed E-state index contributed by atoms with van der Waals surface area (Å²) in [6.45, 7) is 0. The normalized spacial score (nSPS) is 11.6. The smallest absolute Gasteiger partial charge is 0.227 e. The van der Waals surface area contributed by atoms with E-state index in [4.69, 9.17) is 9.40 Å². The molecule has 0 aliphatic heterocycles. The number of hydrogen-bond acceptors (Lipinski definition) is 3. The Kier molecular flexibility index (Phi) is 8.13. The van der Waals surface area contributed by atoms with Crippen LogP contribution in [0.1, 0.15) is 0 Å². The van der Waals surface area contributed by atoms with Gasteiger partial charge in [-0.1, -0.05) is 146 Å². The van der Waals surface area contributed by atoms with Crippen molar-refractivity contribution in [3.63, 3.8) is 0 Å². The highest BCUT2D eigenvalue weighted by atomic mass is 16.3. The van der Waals surface area contributed by atoms with Crippen LogP contribution in [0.25, 0.3) is 93.8 Å². The van der Waals surface area contributed by atoms with E-state index in [1.807, 2.05) is 36.4 Å². The summed E-state index contributed by atoms with van der Waals surface area (Å²) in [6, 6.07) is 80.1. The van der Waals surface area contributed by atoms with Crippen LogP contribution in [0.3, 0.4) is 0 Å². The molecule has 4 heteroatoms. The summed E-state index contributed by atoms with van der Waals surface area (Å²) in [6.07, 6.45) is 0. The van der Waals surface area contributed by atoms with Crippen molar-refractivity contribution in [1.82, 2.24) is 9.55 Å². The van der Waals surface area contributed by atoms with Gasteiger partial charge in [-0.05, 0) is 117 Å². The van der Waals surface area contributed by atoms with E-state index in [0.29, 0.717) is 5.89 Å². The quantitative estimate of drug-likeness (QED) is 0.162. The van der Waals surface area contributed by atoms with Crippen LogP contribution in [0.15, 0.2) is 229 Å². The summed E-state index contributed by atoms with van der Waals surface area (Å²) in [7, 11) is 0. The SMILES string of the molecule is c1ccc(-c2nc3c(ccc4c(-c5ccc(N(c6ccc(-c7cccc8ccccc78)cc6)c6ccc7c8ccccc8n(-c8ccccc8)c7c6)cc5)cccc43)o2)cc1. The van der Waals surface area contributed by atoms with Crippen molar-refractivity contribution >= 4 is 71.5 Å². The number of anilines is 3. The molecule has 12 rings (SSSR count). The topological polar surface area (TPSA) is 34.2 Å². The zero-order chi connectivity index (χ0) is 40.3. The molecule has 12 aromatic rings. The molecule has 10 aromatic carbocycles. The Balaban J connectivity index is 0.993. The summed E-state index contributed by atoms with van der Waals surface area (Å²) >= 11 is 0. The predicted octanol–water partition coefficient (Wildman–Crippen LogP) is 15.7. The van der Waals surface area contributed by atoms with Crippen LogP contribution in [0, 0.1) is 0 Å². The minimum absolute atomic E-state index is 0.630. The summed E-state index contributed by atoms with van der Waals surface area (Å²) in [5.74, 6) is 0.630. The van der Waals surface area contributed by atoms with Crippen molar-refractivity contribution in [3.8, 4) is 39.4 Å². The second kappa shape index (κ2) is 14.3. The Morgan fingerprint density at radius 1 is 0.377 bits per heavy atom. The molecule has 0 spiro atoms. The Bertz CT molecular complexity index is 3560. The van der Waals surface area contributed by atoms with Crippen molar-refractivity contribution < 1.29 is 4.42 Å². The van der Waals surface area contributed by atoms with Gasteiger partial charge in [0.1, 0.15) is 5.52 Å². The Morgan fingerprint density at radius 3 is 1.69 bits per heavy atom. The molecule has 0 unspecified atom stereocenters. The van der Waals surface area contributed by atoms with Crippen molar-refractivity contribution in [2.24, 2.45) is 0 Å². The standard InChI is InChI=1S/C57H37N3O/c1-3-14-41(15-4-1)57-58-56-52-23-12-22-48(49(52)35-36-55(56)61-57)40-27-31-44(32-28-40)59(43-29-25-39(26-30-43)47-21-11-16-38-13-7-8-19-46(38)47)45-33-34-51-50-20-9-10-24-53(50)60(54(51)37-45)42-17-5-2-6-18-42/h1-37H. The van der Waals surface area contributed by atoms with E-state index in [-0.39, 0.29) is 0 Å². The van der Waals surface area contributed by atoms with Gasteiger partial charge in [0.2, 0.25) is 5.89 Å². The van der Waals surface area contributed by atoms with E-state index in [9.17, 15) is 0 Å². The van der Waals surface area contributed by atoms with Gasteiger partial charge >= 0.3 is 0 Å². The minimum Gasteiger partial charge on any atom is -0.436 e. The van der Waals surface area contributed by atoms with Gasteiger partial charge in [-0.15, -0.1) is 0 Å². The molecule has 0 radical (unpaired) electrons. The average molecular weight is 780 g/mol. The van der Waals surface area contributed by atoms with Crippen LogP contribution >= 0.6 is 0 Å². The molecule has 4 nitrogen and oxygen atoms in total. The fourth-order valence-electron chi connectivity index (χ4n) is 9.16. The van der Waals surface area contributed by atoms with Gasteiger partial charge in [0.15, 0.2) is 5.58 Å². The molecule has 0 aliphatic rings. The maximum atomic E-state index is 6.24. The summed E-state index contributed by atoms with van der Waals surface area (Å²) in [5, 5.41) is 7.14. The molecule has 286 valence electrons. The molecule has 2 heterocycles. The van der Waals surface area contributed by atoms with E-state index in [1.54, 1.807) is 0 Å². The van der Waals surface area contributed by atoms with Gasteiger partial charge in [0.05, 0.1) is 11.0 Å². The van der Waals surface area contributed by atoms with Crippen LogP contribution in [-0.4, -0.2) is 9.55 Å². The maximum absolute atomic E-state index is 6.24. The summed E-state index contributed by atoms with van der Waals surface area (Å²) in [5.41, 5.74) is 14.0. The average Bonchev–Trinajstić information content (AvgIpc) is 3.92. The van der Waals surface area contributed by atoms with E-state index in [2.05, 4.69) is 198 Å². The zero-order valence-electron chi connectivity index (χ0n) is 33.1. The molecule has 0 saturated carbocycles. The highest BCUT2D eigenvalue weighted by Crippen LogP contribution is 2.42. The molecule has 0 aliphatic carbocycles. The molecule has 0 atom stereocenters. The first-order valence-corrected chi connectivity index (χ1v) is 20.7. The second-order valence-electron chi connectivity index (χ2n) is 15.5. The highest BCUT2D eigenvalue weighted by molar-refractivity contribution is 6.11. The Morgan fingerprint density at radius 2 is 0.934 bits per heavy atom. The molecule has 0 saturated heterocycles.